The molecule has 218 valence electrons. The molecule has 0 aliphatic rings. The van der Waals surface area contributed by atoms with Crippen LogP contribution < -0.4 is 10.1 Å². The Labute approximate surface area is 247 Å². The lowest BCUT2D eigenvalue weighted by Crippen LogP contribution is -2.27. The Bertz CT molecular complexity index is 1440. The normalized spacial score (nSPS) is 12.0. The minimum absolute atomic E-state index is 0.0125. The SMILES string of the molecule is CCC(C)(C)c1ccc(OCCCCNC(=O)c2cc(-c3cccs3)nn2-c2ccc(F)cc2)c(C(C)(C)CC)c1. The number of rotatable bonds is 13. The summed E-state index contributed by atoms with van der Waals surface area (Å²) in [5.41, 5.74) is 4.48. The fourth-order valence-electron chi connectivity index (χ4n) is 4.57. The summed E-state index contributed by atoms with van der Waals surface area (Å²) in [5, 5.41) is 9.65. The van der Waals surface area contributed by atoms with Gasteiger partial charge in [-0.2, -0.15) is 5.10 Å². The molecular formula is C34H42FN3O2S. The van der Waals surface area contributed by atoms with E-state index in [0.29, 0.717) is 30.2 Å². The Balaban J connectivity index is 1.37. The Morgan fingerprint density at radius 3 is 2.37 bits per heavy atom. The van der Waals surface area contributed by atoms with Crippen LogP contribution in [-0.2, 0) is 10.8 Å². The second kappa shape index (κ2) is 13.0. The van der Waals surface area contributed by atoms with Gasteiger partial charge in [-0.15, -0.1) is 11.3 Å². The van der Waals surface area contributed by atoms with Gasteiger partial charge in [0.05, 0.1) is 17.2 Å². The highest BCUT2D eigenvalue weighted by atomic mass is 32.1. The quantitative estimate of drug-likeness (QED) is 0.162. The van der Waals surface area contributed by atoms with Gasteiger partial charge in [-0.25, -0.2) is 9.07 Å². The number of benzene rings is 2. The van der Waals surface area contributed by atoms with Crippen LogP contribution in [0, 0.1) is 5.82 Å². The molecule has 0 saturated heterocycles. The fourth-order valence-corrected chi connectivity index (χ4v) is 5.25. The molecule has 7 heteroatoms. The van der Waals surface area contributed by atoms with Gasteiger partial charge in [0, 0.05) is 12.1 Å². The van der Waals surface area contributed by atoms with Crippen LogP contribution in [0.1, 0.15) is 88.8 Å². The number of carbonyl (C=O) groups excluding carboxylic acids is 1. The van der Waals surface area contributed by atoms with Crippen molar-refractivity contribution in [3.63, 3.8) is 0 Å². The van der Waals surface area contributed by atoms with Gasteiger partial charge in [-0.3, -0.25) is 4.79 Å². The number of nitrogens with zero attached hydrogens (tertiary/aromatic N) is 2. The van der Waals surface area contributed by atoms with Crippen LogP contribution in [0.2, 0.25) is 0 Å². The van der Waals surface area contributed by atoms with E-state index in [9.17, 15) is 9.18 Å². The number of unbranched alkanes of at least 4 members (excludes halogenated alkanes) is 1. The highest BCUT2D eigenvalue weighted by Gasteiger charge is 2.26. The largest absolute Gasteiger partial charge is 0.493 e. The highest BCUT2D eigenvalue weighted by Crippen LogP contribution is 2.38. The monoisotopic (exact) mass is 575 g/mol. The predicted octanol–water partition coefficient (Wildman–Crippen LogP) is 8.70. The number of ether oxygens (including phenoxy) is 1. The van der Waals surface area contributed by atoms with Gasteiger partial charge in [0.2, 0.25) is 0 Å². The molecule has 5 nitrogen and oxygen atoms in total. The number of amides is 1. The number of aromatic nitrogens is 2. The molecule has 0 atom stereocenters. The third kappa shape index (κ3) is 7.25. The molecule has 0 unspecified atom stereocenters. The first kappa shape index (κ1) is 30.5. The Morgan fingerprint density at radius 1 is 0.976 bits per heavy atom. The zero-order chi connectivity index (χ0) is 29.6. The lowest BCUT2D eigenvalue weighted by molar-refractivity contribution is 0.0944. The third-order valence-corrected chi connectivity index (χ3v) is 9.05. The molecule has 4 rings (SSSR count). The van der Waals surface area contributed by atoms with E-state index in [-0.39, 0.29) is 22.6 Å². The van der Waals surface area contributed by atoms with Crippen molar-refractivity contribution in [1.29, 1.82) is 0 Å². The van der Waals surface area contributed by atoms with E-state index >= 15 is 0 Å². The standard InChI is InChI=1S/C34H42FN3O2S/c1-7-33(3,4)24-13-18-30(27(22-24)34(5,6)8-2)40-20-10-9-19-36-32(39)29-23-28(31-12-11-21-41-31)37-38(29)26-16-14-25(35)15-17-26/h11-18,21-23H,7-10,19-20H2,1-6H3,(H,36,39). The molecule has 4 aromatic rings. The van der Waals surface area contributed by atoms with Crippen molar-refractivity contribution in [2.24, 2.45) is 0 Å². The molecule has 1 N–H and O–H groups in total. The first-order chi connectivity index (χ1) is 19.6. The molecule has 0 fully saturated rings. The maximum Gasteiger partial charge on any atom is 0.270 e. The van der Waals surface area contributed by atoms with Crippen molar-refractivity contribution < 1.29 is 13.9 Å². The zero-order valence-corrected chi connectivity index (χ0v) is 25.9. The van der Waals surface area contributed by atoms with E-state index in [0.717, 1.165) is 36.3 Å². The van der Waals surface area contributed by atoms with Crippen molar-refractivity contribution in [2.75, 3.05) is 13.2 Å². The number of hydrogen-bond donors (Lipinski definition) is 1. The first-order valence-electron chi connectivity index (χ1n) is 14.5. The summed E-state index contributed by atoms with van der Waals surface area (Å²) in [6.45, 7) is 14.7. The van der Waals surface area contributed by atoms with Crippen LogP contribution in [0.15, 0.2) is 66.0 Å². The Morgan fingerprint density at radius 2 is 1.71 bits per heavy atom. The minimum Gasteiger partial charge on any atom is -0.493 e. The van der Waals surface area contributed by atoms with Gasteiger partial charge in [-0.1, -0.05) is 59.7 Å². The molecule has 41 heavy (non-hydrogen) atoms. The number of carbonyl (C=O) groups is 1. The van der Waals surface area contributed by atoms with Crippen molar-refractivity contribution in [3.8, 4) is 22.0 Å². The number of nitrogens with one attached hydrogen (secondary N) is 1. The van der Waals surface area contributed by atoms with Crippen LogP contribution in [-0.4, -0.2) is 28.8 Å². The summed E-state index contributed by atoms with van der Waals surface area (Å²) in [5.74, 6) is 0.395. The second-order valence-corrected chi connectivity index (χ2v) is 12.7. The molecule has 0 bridgehead atoms. The van der Waals surface area contributed by atoms with Crippen molar-refractivity contribution in [3.05, 3.63) is 88.7 Å². The Hall–Kier alpha value is -3.45. The topological polar surface area (TPSA) is 56.1 Å². The molecule has 0 saturated carbocycles. The average Bonchev–Trinajstić information content (AvgIpc) is 3.66. The maximum atomic E-state index is 13.5. The van der Waals surface area contributed by atoms with E-state index in [2.05, 4.69) is 70.2 Å². The number of thiophene rings is 1. The van der Waals surface area contributed by atoms with Crippen LogP contribution in [0.3, 0.4) is 0 Å². The summed E-state index contributed by atoms with van der Waals surface area (Å²) < 4.78 is 21.4. The van der Waals surface area contributed by atoms with Gasteiger partial charge in [0.15, 0.2) is 0 Å². The lowest BCUT2D eigenvalue weighted by atomic mass is 9.76. The molecule has 2 aromatic heterocycles. The van der Waals surface area contributed by atoms with Crippen LogP contribution in [0.5, 0.6) is 5.75 Å². The predicted molar refractivity (Wildman–Crippen MR) is 167 cm³/mol. The van der Waals surface area contributed by atoms with Crippen molar-refractivity contribution in [2.45, 2.75) is 78.1 Å². The molecule has 2 heterocycles. The summed E-state index contributed by atoms with van der Waals surface area (Å²) in [4.78, 5) is 14.2. The molecular weight excluding hydrogens is 533 g/mol. The first-order valence-corrected chi connectivity index (χ1v) is 15.4. The van der Waals surface area contributed by atoms with Gasteiger partial charge < -0.3 is 10.1 Å². The van der Waals surface area contributed by atoms with Crippen LogP contribution >= 0.6 is 11.3 Å². The molecule has 1 amide bonds. The van der Waals surface area contributed by atoms with E-state index < -0.39 is 0 Å². The molecule has 0 spiro atoms. The minimum atomic E-state index is -0.335. The van der Waals surface area contributed by atoms with Crippen molar-refractivity contribution in [1.82, 2.24) is 15.1 Å². The zero-order valence-electron chi connectivity index (χ0n) is 25.1. The van der Waals surface area contributed by atoms with Gasteiger partial charge in [0.1, 0.15) is 23.0 Å². The maximum absolute atomic E-state index is 13.5. The van der Waals surface area contributed by atoms with E-state index in [1.165, 1.54) is 23.3 Å². The van der Waals surface area contributed by atoms with Gasteiger partial charge in [-0.05, 0) is 89.9 Å². The summed E-state index contributed by atoms with van der Waals surface area (Å²) in [6, 6.07) is 18.3. The smallest absolute Gasteiger partial charge is 0.270 e. The van der Waals surface area contributed by atoms with E-state index in [1.807, 2.05) is 17.5 Å². The molecule has 0 radical (unpaired) electrons. The van der Waals surface area contributed by atoms with Crippen LogP contribution in [0.25, 0.3) is 16.3 Å². The van der Waals surface area contributed by atoms with E-state index in [4.69, 9.17) is 4.74 Å². The molecule has 0 aliphatic carbocycles. The van der Waals surface area contributed by atoms with Gasteiger partial charge >= 0.3 is 0 Å². The third-order valence-electron chi connectivity index (χ3n) is 8.16. The lowest BCUT2D eigenvalue weighted by Gasteiger charge is -2.30. The van der Waals surface area contributed by atoms with Crippen molar-refractivity contribution >= 4 is 17.2 Å². The molecule has 2 aromatic carbocycles. The number of halogens is 1. The molecule has 0 aliphatic heterocycles. The summed E-state index contributed by atoms with van der Waals surface area (Å²) >= 11 is 1.56. The van der Waals surface area contributed by atoms with E-state index in [1.54, 1.807) is 34.2 Å². The Kier molecular flexibility index (Phi) is 9.69. The van der Waals surface area contributed by atoms with Crippen LogP contribution in [0.4, 0.5) is 4.39 Å². The highest BCUT2D eigenvalue weighted by molar-refractivity contribution is 7.13. The average molecular weight is 576 g/mol. The van der Waals surface area contributed by atoms with Gasteiger partial charge in [0.25, 0.3) is 5.91 Å². The second-order valence-electron chi connectivity index (χ2n) is 11.8. The summed E-state index contributed by atoms with van der Waals surface area (Å²) in [6.07, 6.45) is 3.69. The summed E-state index contributed by atoms with van der Waals surface area (Å²) in [7, 11) is 0. The number of hydrogen-bond acceptors (Lipinski definition) is 4. The fraction of sp³-hybridized carbons (Fsp3) is 0.412.